The molecule has 20 heavy (non-hydrogen) atoms. The lowest BCUT2D eigenvalue weighted by atomic mass is 10.1. The van der Waals surface area contributed by atoms with Crippen molar-refractivity contribution in [2.24, 2.45) is 0 Å². The van der Waals surface area contributed by atoms with Gasteiger partial charge in [0.15, 0.2) is 0 Å². The van der Waals surface area contributed by atoms with Crippen LogP contribution in [0.4, 0.5) is 5.69 Å². The van der Waals surface area contributed by atoms with E-state index in [9.17, 15) is 0 Å². The molecule has 0 aliphatic carbocycles. The molecule has 0 aliphatic rings. The van der Waals surface area contributed by atoms with Gasteiger partial charge in [-0.1, -0.05) is 23.7 Å². The van der Waals surface area contributed by atoms with Crippen LogP contribution in [0, 0.1) is 0 Å². The molecule has 3 nitrogen and oxygen atoms in total. The Morgan fingerprint density at radius 1 is 1.25 bits per heavy atom. The first kappa shape index (κ1) is 13.5. The number of halogens is 2. The van der Waals surface area contributed by atoms with E-state index in [1.807, 2.05) is 36.4 Å². The summed E-state index contributed by atoms with van der Waals surface area (Å²) in [5.41, 5.74) is 9.60. The molecule has 0 aliphatic heterocycles. The fourth-order valence-corrected chi connectivity index (χ4v) is 3.03. The van der Waals surface area contributed by atoms with Crippen LogP contribution in [0.25, 0.3) is 22.4 Å². The number of benzene rings is 2. The van der Waals surface area contributed by atoms with Gasteiger partial charge in [0.05, 0.1) is 21.7 Å². The molecular formula is C15H13BrClN3. The summed E-state index contributed by atoms with van der Waals surface area (Å²) >= 11 is 9.77. The number of fused-ring (bicyclic) bond motifs is 1. The van der Waals surface area contributed by atoms with Crippen LogP contribution >= 0.6 is 27.5 Å². The van der Waals surface area contributed by atoms with Gasteiger partial charge in [-0.05, 0) is 47.1 Å². The van der Waals surface area contributed by atoms with Gasteiger partial charge in [-0.15, -0.1) is 0 Å². The quantitative estimate of drug-likeness (QED) is 0.680. The van der Waals surface area contributed by atoms with Gasteiger partial charge in [0.1, 0.15) is 5.82 Å². The maximum Gasteiger partial charge on any atom is 0.143 e. The van der Waals surface area contributed by atoms with E-state index in [4.69, 9.17) is 22.3 Å². The number of nitrogens with zero attached hydrogens (tertiary/aromatic N) is 2. The highest BCUT2D eigenvalue weighted by Crippen LogP contribution is 2.34. The van der Waals surface area contributed by atoms with Gasteiger partial charge in [0, 0.05) is 16.6 Å². The van der Waals surface area contributed by atoms with Crippen LogP contribution in [0.5, 0.6) is 0 Å². The van der Waals surface area contributed by atoms with Crippen molar-refractivity contribution < 1.29 is 0 Å². The summed E-state index contributed by atoms with van der Waals surface area (Å²) in [5, 5.41) is 0.705. The first-order valence-corrected chi connectivity index (χ1v) is 7.49. The van der Waals surface area contributed by atoms with Gasteiger partial charge < -0.3 is 10.3 Å². The van der Waals surface area contributed by atoms with E-state index in [1.165, 1.54) is 0 Å². The normalized spacial score (nSPS) is 11.2. The molecule has 0 saturated carbocycles. The Balaban J connectivity index is 2.37. The van der Waals surface area contributed by atoms with Crippen LogP contribution in [0.15, 0.2) is 40.9 Å². The number of rotatable bonds is 2. The summed E-state index contributed by atoms with van der Waals surface area (Å²) < 4.78 is 2.96. The molecule has 0 unspecified atom stereocenters. The van der Waals surface area contributed by atoms with E-state index in [0.29, 0.717) is 10.7 Å². The lowest BCUT2D eigenvalue weighted by Crippen LogP contribution is -2.00. The van der Waals surface area contributed by atoms with Gasteiger partial charge in [-0.3, -0.25) is 0 Å². The molecule has 0 saturated heterocycles. The largest absolute Gasteiger partial charge is 0.397 e. The van der Waals surface area contributed by atoms with Crippen molar-refractivity contribution >= 4 is 44.3 Å². The van der Waals surface area contributed by atoms with Crippen molar-refractivity contribution in [2.75, 3.05) is 5.73 Å². The second-order valence-electron chi connectivity index (χ2n) is 4.49. The molecule has 1 aromatic heterocycles. The predicted molar refractivity (Wildman–Crippen MR) is 88.0 cm³/mol. The lowest BCUT2D eigenvalue weighted by molar-refractivity contribution is 0.796. The highest BCUT2D eigenvalue weighted by atomic mass is 79.9. The van der Waals surface area contributed by atoms with E-state index >= 15 is 0 Å². The van der Waals surface area contributed by atoms with Crippen molar-refractivity contribution in [3.63, 3.8) is 0 Å². The summed E-state index contributed by atoms with van der Waals surface area (Å²) in [5.74, 6) is 0.842. The summed E-state index contributed by atoms with van der Waals surface area (Å²) in [4.78, 5) is 4.69. The molecule has 0 bridgehead atoms. The van der Waals surface area contributed by atoms with Crippen LogP contribution in [0.1, 0.15) is 6.92 Å². The monoisotopic (exact) mass is 349 g/mol. The number of imidazole rings is 1. The molecule has 102 valence electrons. The molecule has 0 atom stereocenters. The summed E-state index contributed by atoms with van der Waals surface area (Å²) in [6.45, 7) is 2.85. The van der Waals surface area contributed by atoms with Crippen molar-refractivity contribution in [3.05, 3.63) is 45.9 Å². The minimum absolute atomic E-state index is 0.689. The number of hydrogen-bond donors (Lipinski definition) is 1. The Morgan fingerprint density at radius 3 is 2.75 bits per heavy atom. The van der Waals surface area contributed by atoms with E-state index in [2.05, 4.69) is 27.4 Å². The van der Waals surface area contributed by atoms with Crippen LogP contribution < -0.4 is 5.73 Å². The fourth-order valence-electron chi connectivity index (χ4n) is 2.39. The predicted octanol–water partition coefficient (Wildman–Crippen LogP) is 4.72. The van der Waals surface area contributed by atoms with Gasteiger partial charge >= 0.3 is 0 Å². The molecule has 0 amide bonds. The smallest absolute Gasteiger partial charge is 0.143 e. The SMILES string of the molecule is CCn1c(-c2cccc(Br)c2N)nc2cccc(Cl)c21. The van der Waals surface area contributed by atoms with Crippen LogP contribution in [0.3, 0.4) is 0 Å². The van der Waals surface area contributed by atoms with Crippen molar-refractivity contribution in [1.82, 2.24) is 9.55 Å². The van der Waals surface area contributed by atoms with Gasteiger partial charge in [0.25, 0.3) is 0 Å². The minimum atomic E-state index is 0.689. The van der Waals surface area contributed by atoms with Crippen molar-refractivity contribution in [3.8, 4) is 11.4 Å². The molecule has 1 heterocycles. The first-order valence-electron chi connectivity index (χ1n) is 6.32. The Hall–Kier alpha value is -1.52. The average molecular weight is 351 g/mol. The summed E-state index contributed by atoms with van der Waals surface area (Å²) in [6, 6.07) is 11.6. The number of nitrogen functional groups attached to an aromatic ring is 1. The van der Waals surface area contributed by atoms with Crippen molar-refractivity contribution in [2.45, 2.75) is 13.5 Å². The lowest BCUT2D eigenvalue weighted by Gasteiger charge is -2.10. The maximum atomic E-state index is 6.31. The number of nitrogens with two attached hydrogens (primary N) is 1. The molecule has 0 spiro atoms. The Bertz CT molecular complexity index is 795. The van der Waals surface area contributed by atoms with E-state index in [0.717, 1.165) is 33.4 Å². The fraction of sp³-hybridized carbons (Fsp3) is 0.133. The molecule has 0 radical (unpaired) electrons. The van der Waals surface area contributed by atoms with Crippen molar-refractivity contribution in [1.29, 1.82) is 0 Å². The van der Waals surface area contributed by atoms with Crippen LogP contribution in [-0.2, 0) is 6.54 Å². The number of para-hydroxylation sites is 2. The molecule has 3 aromatic rings. The highest BCUT2D eigenvalue weighted by molar-refractivity contribution is 9.10. The van der Waals surface area contributed by atoms with Crippen LogP contribution in [0.2, 0.25) is 5.02 Å². The Labute approximate surface area is 130 Å². The highest BCUT2D eigenvalue weighted by Gasteiger charge is 2.16. The Morgan fingerprint density at radius 2 is 2.00 bits per heavy atom. The maximum absolute atomic E-state index is 6.31. The molecule has 0 fully saturated rings. The number of anilines is 1. The number of aromatic nitrogens is 2. The van der Waals surface area contributed by atoms with Gasteiger partial charge in [-0.25, -0.2) is 4.98 Å². The second-order valence-corrected chi connectivity index (χ2v) is 5.75. The number of hydrogen-bond acceptors (Lipinski definition) is 2. The topological polar surface area (TPSA) is 43.8 Å². The molecular weight excluding hydrogens is 338 g/mol. The summed E-state index contributed by atoms with van der Waals surface area (Å²) in [7, 11) is 0. The second kappa shape index (κ2) is 5.11. The first-order chi connectivity index (χ1) is 9.63. The summed E-state index contributed by atoms with van der Waals surface area (Å²) in [6.07, 6.45) is 0. The van der Waals surface area contributed by atoms with E-state index < -0.39 is 0 Å². The third kappa shape index (κ3) is 2.00. The van der Waals surface area contributed by atoms with Crippen LogP contribution in [-0.4, -0.2) is 9.55 Å². The zero-order chi connectivity index (χ0) is 14.3. The number of aryl methyl sites for hydroxylation is 1. The van der Waals surface area contributed by atoms with E-state index in [1.54, 1.807) is 0 Å². The minimum Gasteiger partial charge on any atom is -0.397 e. The molecule has 3 rings (SSSR count). The molecule has 5 heteroatoms. The zero-order valence-corrected chi connectivity index (χ0v) is 13.2. The molecule has 2 aromatic carbocycles. The third-order valence-electron chi connectivity index (χ3n) is 3.33. The third-order valence-corrected chi connectivity index (χ3v) is 4.32. The van der Waals surface area contributed by atoms with Gasteiger partial charge in [0.2, 0.25) is 0 Å². The zero-order valence-electron chi connectivity index (χ0n) is 10.9. The Kier molecular flexibility index (Phi) is 3.44. The standard InChI is InChI=1S/C15H13BrClN3/c1-2-20-14-11(17)7-4-8-12(14)19-15(20)9-5-3-6-10(16)13(9)18/h3-8H,2,18H2,1H3. The average Bonchev–Trinajstić information content (AvgIpc) is 2.81. The van der Waals surface area contributed by atoms with E-state index in [-0.39, 0.29) is 0 Å². The molecule has 2 N–H and O–H groups in total. The van der Waals surface area contributed by atoms with Gasteiger partial charge in [-0.2, -0.15) is 0 Å².